The van der Waals surface area contributed by atoms with Gasteiger partial charge in [0.15, 0.2) is 0 Å². The number of carbonyl (C=O) groups excluding carboxylic acids is 1. The third-order valence-electron chi connectivity index (χ3n) is 2.77. The number of esters is 1. The van der Waals surface area contributed by atoms with Crippen LogP contribution >= 0.6 is 0 Å². The standard InChI is InChI=1S/C14H15FN2O2/c1-3-6-17-13(4-5-16-17)10-7-11(14(18)19-2)9-12(15)8-10/h4-5,7-9H,3,6H2,1-2H3. The highest BCUT2D eigenvalue weighted by molar-refractivity contribution is 5.90. The molecule has 100 valence electrons. The minimum absolute atomic E-state index is 0.196. The van der Waals surface area contributed by atoms with E-state index >= 15 is 0 Å². The summed E-state index contributed by atoms with van der Waals surface area (Å²) >= 11 is 0. The molecule has 0 unspecified atom stereocenters. The van der Waals surface area contributed by atoms with Gasteiger partial charge >= 0.3 is 5.97 Å². The molecule has 0 atom stereocenters. The summed E-state index contributed by atoms with van der Waals surface area (Å²) < 4.78 is 20.0. The molecule has 19 heavy (non-hydrogen) atoms. The number of rotatable bonds is 4. The van der Waals surface area contributed by atoms with Crippen LogP contribution in [-0.2, 0) is 11.3 Å². The summed E-state index contributed by atoms with van der Waals surface area (Å²) in [5.74, 6) is -1.02. The minimum Gasteiger partial charge on any atom is -0.465 e. The SMILES string of the molecule is CCCn1nccc1-c1cc(F)cc(C(=O)OC)c1. The molecule has 4 nitrogen and oxygen atoms in total. The summed E-state index contributed by atoms with van der Waals surface area (Å²) in [5.41, 5.74) is 1.60. The molecule has 1 aromatic heterocycles. The number of ether oxygens (including phenoxy) is 1. The van der Waals surface area contributed by atoms with E-state index in [-0.39, 0.29) is 5.56 Å². The Morgan fingerprint density at radius 2 is 2.21 bits per heavy atom. The first-order valence-electron chi connectivity index (χ1n) is 6.06. The van der Waals surface area contributed by atoms with Gasteiger partial charge in [0.05, 0.1) is 18.4 Å². The molecule has 1 aromatic carbocycles. The largest absolute Gasteiger partial charge is 0.465 e. The van der Waals surface area contributed by atoms with Crippen molar-refractivity contribution in [3.63, 3.8) is 0 Å². The van der Waals surface area contributed by atoms with Gasteiger partial charge in [0.25, 0.3) is 0 Å². The maximum absolute atomic E-state index is 13.6. The van der Waals surface area contributed by atoms with Gasteiger partial charge in [0.2, 0.25) is 0 Å². The van der Waals surface area contributed by atoms with Gasteiger partial charge in [-0.25, -0.2) is 9.18 Å². The lowest BCUT2D eigenvalue weighted by atomic mass is 10.1. The van der Waals surface area contributed by atoms with E-state index in [1.165, 1.54) is 13.2 Å². The van der Waals surface area contributed by atoms with Crippen LogP contribution in [0.25, 0.3) is 11.3 Å². The number of benzene rings is 1. The Labute approximate surface area is 110 Å². The van der Waals surface area contributed by atoms with Crippen molar-refractivity contribution in [3.8, 4) is 11.3 Å². The maximum Gasteiger partial charge on any atom is 0.337 e. The van der Waals surface area contributed by atoms with Crippen LogP contribution in [0.1, 0.15) is 23.7 Å². The lowest BCUT2D eigenvalue weighted by molar-refractivity contribution is 0.0600. The zero-order chi connectivity index (χ0) is 13.8. The molecule has 0 fully saturated rings. The van der Waals surface area contributed by atoms with Gasteiger partial charge in [0.1, 0.15) is 5.82 Å². The third-order valence-corrected chi connectivity index (χ3v) is 2.77. The summed E-state index contributed by atoms with van der Waals surface area (Å²) in [5, 5.41) is 4.18. The number of aromatic nitrogens is 2. The van der Waals surface area contributed by atoms with Crippen molar-refractivity contribution in [2.45, 2.75) is 19.9 Å². The number of halogens is 1. The van der Waals surface area contributed by atoms with Crippen LogP contribution < -0.4 is 0 Å². The highest BCUT2D eigenvalue weighted by atomic mass is 19.1. The lowest BCUT2D eigenvalue weighted by Gasteiger charge is -2.08. The monoisotopic (exact) mass is 262 g/mol. The molecule has 0 aliphatic heterocycles. The van der Waals surface area contributed by atoms with Crippen molar-refractivity contribution in [1.29, 1.82) is 0 Å². The molecule has 0 amide bonds. The molecular formula is C14H15FN2O2. The zero-order valence-corrected chi connectivity index (χ0v) is 10.9. The van der Waals surface area contributed by atoms with Gasteiger partial charge in [0, 0.05) is 18.3 Å². The highest BCUT2D eigenvalue weighted by Crippen LogP contribution is 2.22. The molecule has 0 saturated heterocycles. The second kappa shape index (κ2) is 5.65. The summed E-state index contributed by atoms with van der Waals surface area (Å²) in [6.45, 7) is 2.78. The third kappa shape index (κ3) is 2.81. The van der Waals surface area contributed by atoms with E-state index in [1.807, 2.05) is 6.92 Å². The Balaban J connectivity index is 2.47. The van der Waals surface area contributed by atoms with E-state index in [0.29, 0.717) is 5.56 Å². The Hall–Kier alpha value is -2.17. The van der Waals surface area contributed by atoms with Gasteiger partial charge in [-0.2, -0.15) is 5.10 Å². The second-order valence-electron chi connectivity index (χ2n) is 4.16. The molecule has 5 heteroatoms. The molecule has 2 rings (SSSR count). The Bertz CT molecular complexity index is 593. The molecular weight excluding hydrogens is 247 g/mol. The number of aryl methyl sites for hydroxylation is 1. The summed E-state index contributed by atoms with van der Waals surface area (Å²) in [6, 6.07) is 5.95. The number of methoxy groups -OCH3 is 1. The summed E-state index contributed by atoms with van der Waals surface area (Å²) in [6.07, 6.45) is 2.58. The van der Waals surface area contributed by atoms with Crippen LogP contribution in [0.5, 0.6) is 0 Å². The van der Waals surface area contributed by atoms with E-state index in [0.717, 1.165) is 24.7 Å². The zero-order valence-electron chi connectivity index (χ0n) is 10.9. The van der Waals surface area contributed by atoms with Gasteiger partial charge in [-0.05, 0) is 30.7 Å². The molecule has 0 aliphatic rings. The molecule has 0 radical (unpaired) electrons. The number of nitrogens with zero attached hydrogens (tertiary/aromatic N) is 2. The first-order chi connectivity index (χ1) is 9.15. The van der Waals surface area contributed by atoms with E-state index < -0.39 is 11.8 Å². The Kier molecular flexibility index (Phi) is 3.94. The van der Waals surface area contributed by atoms with Gasteiger partial charge in [-0.15, -0.1) is 0 Å². The van der Waals surface area contributed by atoms with Gasteiger partial charge in [-0.3, -0.25) is 4.68 Å². The van der Waals surface area contributed by atoms with Crippen molar-refractivity contribution < 1.29 is 13.9 Å². The molecule has 0 spiro atoms. The number of carbonyl (C=O) groups is 1. The minimum atomic E-state index is -0.553. The fourth-order valence-corrected chi connectivity index (χ4v) is 1.94. The quantitative estimate of drug-likeness (QED) is 0.796. The second-order valence-corrected chi connectivity index (χ2v) is 4.16. The normalized spacial score (nSPS) is 10.5. The summed E-state index contributed by atoms with van der Waals surface area (Å²) in [7, 11) is 1.27. The first-order valence-corrected chi connectivity index (χ1v) is 6.06. The van der Waals surface area contributed by atoms with E-state index in [9.17, 15) is 9.18 Å². The Morgan fingerprint density at radius 3 is 2.89 bits per heavy atom. The highest BCUT2D eigenvalue weighted by Gasteiger charge is 2.12. The first kappa shape index (κ1) is 13.3. The fraction of sp³-hybridized carbons (Fsp3) is 0.286. The van der Waals surface area contributed by atoms with E-state index in [1.54, 1.807) is 23.0 Å². The Morgan fingerprint density at radius 1 is 1.42 bits per heavy atom. The van der Waals surface area contributed by atoms with Crippen LogP contribution in [-0.4, -0.2) is 22.9 Å². The van der Waals surface area contributed by atoms with Crippen LogP contribution in [0.4, 0.5) is 4.39 Å². The van der Waals surface area contributed by atoms with Crippen molar-refractivity contribution in [2.75, 3.05) is 7.11 Å². The van der Waals surface area contributed by atoms with Crippen LogP contribution in [0, 0.1) is 5.82 Å². The predicted molar refractivity (Wildman–Crippen MR) is 69.3 cm³/mol. The van der Waals surface area contributed by atoms with Crippen LogP contribution in [0.3, 0.4) is 0 Å². The smallest absolute Gasteiger partial charge is 0.337 e. The van der Waals surface area contributed by atoms with Crippen molar-refractivity contribution in [2.24, 2.45) is 0 Å². The van der Waals surface area contributed by atoms with Crippen molar-refractivity contribution >= 4 is 5.97 Å². The molecule has 2 aromatic rings. The molecule has 0 aliphatic carbocycles. The number of hydrogen-bond donors (Lipinski definition) is 0. The summed E-state index contributed by atoms with van der Waals surface area (Å²) in [4.78, 5) is 11.5. The maximum atomic E-state index is 13.6. The lowest BCUT2D eigenvalue weighted by Crippen LogP contribution is -2.04. The van der Waals surface area contributed by atoms with E-state index in [2.05, 4.69) is 9.84 Å². The predicted octanol–water partition coefficient (Wildman–Crippen LogP) is 2.89. The fourth-order valence-electron chi connectivity index (χ4n) is 1.94. The number of hydrogen-bond acceptors (Lipinski definition) is 3. The molecule has 0 saturated carbocycles. The van der Waals surface area contributed by atoms with Gasteiger partial charge in [-0.1, -0.05) is 6.92 Å². The van der Waals surface area contributed by atoms with Crippen LogP contribution in [0.15, 0.2) is 30.5 Å². The molecule has 0 N–H and O–H groups in total. The van der Waals surface area contributed by atoms with Crippen LogP contribution in [0.2, 0.25) is 0 Å². The van der Waals surface area contributed by atoms with E-state index in [4.69, 9.17) is 0 Å². The van der Waals surface area contributed by atoms with Crippen molar-refractivity contribution in [3.05, 3.63) is 41.8 Å². The van der Waals surface area contributed by atoms with Gasteiger partial charge < -0.3 is 4.74 Å². The topological polar surface area (TPSA) is 44.1 Å². The average molecular weight is 262 g/mol. The average Bonchev–Trinajstić information content (AvgIpc) is 2.86. The molecule has 0 bridgehead atoms. The molecule has 1 heterocycles. The van der Waals surface area contributed by atoms with Crippen molar-refractivity contribution in [1.82, 2.24) is 9.78 Å².